The number of hydrogen-bond acceptors (Lipinski definition) is 4. The average Bonchev–Trinajstić information content (AvgIpc) is 2.25. The number of nitrogens with one attached hydrogen (secondary N) is 1. The maximum absolute atomic E-state index is 9.66. The molecule has 88 valence electrons. The van der Waals surface area contributed by atoms with Crippen LogP contribution >= 0.6 is 0 Å². The van der Waals surface area contributed by atoms with Gasteiger partial charge in [-0.2, -0.15) is 0 Å². The van der Waals surface area contributed by atoms with Crippen LogP contribution in [-0.4, -0.2) is 55.2 Å². The van der Waals surface area contributed by atoms with E-state index in [1.54, 1.807) is 12.3 Å². The van der Waals surface area contributed by atoms with Crippen LogP contribution in [0.15, 0.2) is 17.6 Å². The summed E-state index contributed by atoms with van der Waals surface area (Å²) >= 11 is 0. The molecular weight excluding hydrogens is 190 g/mol. The van der Waals surface area contributed by atoms with Gasteiger partial charge in [0, 0.05) is 19.3 Å². The Bertz CT molecular complexity index is 179. The molecule has 0 saturated heterocycles. The minimum Gasteiger partial charge on any atom is -0.390 e. The molecule has 1 atom stereocenters. The summed E-state index contributed by atoms with van der Waals surface area (Å²) in [5, 5.41) is 12.7. The Labute approximate surface area is 92.7 Å². The molecule has 4 heteroatoms. The second-order valence-corrected chi connectivity index (χ2v) is 3.32. The Morgan fingerprint density at radius 3 is 2.67 bits per heavy atom. The molecule has 0 fully saturated rings. The molecule has 0 rings (SSSR count). The Morgan fingerprint density at radius 2 is 2.13 bits per heavy atom. The lowest BCUT2D eigenvalue weighted by Gasteiger charge is -2.21. The van der Waals surface area contributed by atoms with Gasteiger partial charge in [0.1, 0.15) is 0 Å². The summed E-state index contributed by atoms with van der Waals surface area (Å²) in [7, 11) is 0. The smallest absolute Gasteiger partial charge is 0.0885 e. The van der Waals surface area contributed by atoms with E-state index < -0.39 is 0 Å². The van der Waals surface area contributed by atoms with Gasteiger partial charge in [-0.3, -0.25) is 10.3 Å². The molecule has 0 heterocycles. The fraction of sp³-hybridized carbons (Fsp3) is 0.727. The van der Waals surface area contributed by atoms with Gasteiger partial charge in [0.05, 0.1) is 12.8 Å². The summed E-state index contributed by atoms with van der Waals surface area (Å²) in [6.45, 7) is 11.5. The van der Waals surface area contributed by atoms with Gasteiger partial charge in [-0.15, -0.1) is 0 Å². The lowest BCUT2D eigenvalue weighted by molar-refractivity contribution is 0.117. The van der Waals surface area contributed by atoms with E-state index in [1.165, 1.54) is 0 Å². The van der Waals surface area contributed by atoms with E-state index in [0.717, 1.165) is 13.1 Å². The van der Waals surface area contributed by atoms with Crippen LogP contribution in [0.25, 0.3) is 0 Å². The molecule has 4 nitrogen and oxygen atoms in total. The normalized spacial score (nSPS) is 13.6. The molecule has 0 amide bonds. The third kappa shape index (κ3) is 8.30. The van der Waals surface area contributed by atoms with Crippen LogP contribution in [0.4, 0.5) is 0 Å². The molecule has 0 radical (unpaired) electrons. The Morgan fingerprint density at radius 1 is 1.47 bits per heavy atom. The summed E-state index contributed by atoms with van der Waals surface area (Å²) in [4.78, 5) is 6.20. The number of aliphatic hydroxyl groups excluding tert-OH is 1. The van der Waals surface area contributed by atoms with Gasteiger partial charge in [-0.05, 0) is 13.1 Å². The maximum atomic E-state index is 9.66. The molecule has 0 aliphatic heterocycles. The molecular formula is C11H23N3O. The van der Waals surface area contributed by atoms with Crippen LogP contribution < -0.4 is 5.32 Å². The van der Waals surface area contributed by atoms with Crippen molar-refractivity contribution in [2.24, 2.45) is 4.99 Å². The number of allylic oxidation sites excluding steroid dienone is 1. The van der Waals surface area contributed by atoms with Crippen molar-refractivity contribution < 1.29 is 5.11 Å². The van der Waals surface area contributed by atoms with Crippen LogP contribution in [0.2, 0.25) is 0 Å². The number of aliphatic hydroxyl groups is 1. The third-order valence-electron chi connectivity index (χ3n) is 2.16. The standard InChI is InChI=1S/C11H23N3O/c1-4-7-12-10-13-8-11(15)9-14(5-2)6-3/h4,7,11,13,15H,1,5-6,8-10H2,2-3H3/b12-7-/t11-/m0/s1. The largest absolute Gasteiger partial charge is 0.390 e. The molecule has 0 saturated carbocycles. The molecule has 0 aromatic heterocycles. The molecule has 0 unspecified atom stereocenters. The Balaban J connectivity index is 3.51. The van der Waals surface area contributed by atoms with Crippen molar-refractivity contribution in [1.82, 2.24) is 10.2 Å². The van der Waals surface area contributed by atoms with Crippen LogP contribution in [0.5, 0.6) is 0 Å². The van der Waals surface area contributed by atoms with Gasteiger partial charge in [0.2, 0.25) is 0 Å². The Kier molecular flexibility index (Phi) is 9.36. The van der Waals surface area contributed by atoms with E-state index in [2.05, 4.69) is 35.6 Å². The van der Waals surface area contributed by atoms with E-state index in [1.807, 2.05) is 0 Å². The first-order valence-corrected chi connectivity index (χ1v) is 5.46. The topological polar surface area (TPSA) is 47.9 Å². The first kappa shape index (κ1) is 14.3. The summed E-state index contributed by atoms with van der Waals surface area (Å²) in [5.74, 6) is 0. The number of hydrogen-bond donors (Lipinski definition) is 2. The molecule has 0 spiro atoms. The predicted octanol–water partition coefficient (Wildman–Crippen LogP) is 0.493. The van der Waals surface area contributed by atoms with Crippen molar-refractivity contribution in [3.05, 3.63) is 12.7 Å². The minimum atomic E-state index is -0.330. The highest BCUT2D eigenvalue weighted by atomic mass is 16.3. The van der Waals surface area contributed by atoms with Gasteiger partial charge in [-0.1, -0.05) is 26.5 Å². The second-order valence-electron chi connectivity index (χ2n) is 3.32. The van der Waals surface area contributed by atoms with Crippen molar-refractivity contribution in [3.63, 3.8) is 0 Å². The van der Waals surface area contributed by atoms with Crippen molar-refractivity contribution >= 4 is 6.21 Å². The van der Waals surface area contributed by atoms with E-state index >= 15 is 0 Å². The van der Waals surface area contributed by atoms with Crippen molar-refractivity contribution in [2.75, 3.05) is 32.8 Å². The quantitative estimate of drug-likeness (QED) is 0.433. The van der Waals surface area contributed by atoms with Crippen molar-refractivity contribution in [2.45, 2.75) is 20.0 Å². The van der Waals surface area contributed by atoms with Crippen LogP contribution in [0.1, 0.15) is 13.8 Å². The number of likely N-dealkylation sites (N-methyl/N-ethyl adjacent to an activating group) is 1. The molecule has 15 heavy (non-hydrogen) atoms. The highest BCUT2D eigenvalue weighted by Gasteiger charge is 2.07. The van der Waals surface area contributed by atoms with E-state index in [9.17, 15) is 5.11 Å². The average molecular weight is 213 g/mol. The predicted molar refractivity (Wildman–Crippen MR) is 65.4 cm³/mol. The minimum absolute atomic E-state index is 0.330. The first-order chi connectivity index (χ1) is 7.24. The van der Waals surface area contributed by atoms with E-state index in [0.29, 0.717) is 19.8 Å². The Hall–Kier alpha value is -0.710. The van der Waals surface area contributed by atoms with Gasteiger partial charge in [0.25, 0.3) is 0 Å². The highest BCUT2D eigenvalue weighted by molar-refractivity contribution is 5.69. The number of nitrogens with zero attached hydrogens (tertiary/aromatic N) is 2. The SMILES string of the molecule is C=C/C=N\CNC[C@H](O)CN(CC)CC. The molecule has 0 aromatic rings. The van der Waals surface area contributed by atoms with Crippen LogP contribution in [-0.2, 0) is 0 Å². The maximum Gasteiger partial charge on any atom is 0.0885 e. The van der Waals surface area contributed by atoms with E-state index in [-0.39, 0.29) is 6.10 Å². The molecule has 0 aliphatic rings. The number of aliphatic imine (C=N–C) groups is 1. The highest BCUT2D eigenvalue weighted by Crippen LogP contribution is 1.90. The van der Waals surface area contributed by atoms with Crippen molar-refractivity contribution in [1.29, 1.82) is 0 Å². The van der Waals surface area contributed by atoms with Crippen LogP contribution in [0.3, 0.4) is 0 Å². The van der Waals surface area contributed by atoms with Gasteiger partial charge in [-0.25, -0.2) is 0 Å². The van der Waals surface area contributed by atoms with Gasteiger partial charge < -0.3 is 10.0 Å². The summed E-state index contributed by atoms with van der Waals surface area (Å²) in [6.07, 6.45) is 2.95. The summed E-state index contributed by atoms with van der Waals surface area (Å²) < 4.78 is 0. The lowest BCUT2D eigenvalue weighted by atomic mass is 10.3. The first-order valence-electron chi connectivity index (χ1n) is 5.46. The number of rotatable bonds is 9. The fourth-order valence-corrected chi connectivity index (χ4v) is 1.27. The molecule has 2 N–H and O–H groups in total. The lowest BCUT2D eigenvalue weighted by Crippen LogP contribution is -2.38. The summed E-state index contributed by atoms with van der Waals surface area (Å²) in [6, 6.07) is 0. The van der Waals surface area contributed by atoms with E-state index in [4.69, 9.17) is 0 Å². The van der Waals surface area contributed by atoms with Crippen molar-refractivity contribution in [3.8, 4) is 0 Å². The van der Waals surface area contributed by atoms with Gasteiger partial charge >= 0.3 is 0 Å². The zero-order valence-corrected chi connectivity index (χ0v) is 9.82. The summed E-state index contributed by atoms with van der Waals surface area (Å²) in [5.41, 5.74) is 0. The third-order valence-corrected chi connectivity index (χ3v) is 2.16. The zero-order valence-electron chi connectivity index (χ0n) is 9.82. The fourth-order valence-electron chi connectivity index (χ4n) is 1.27. The second kappa shape index (κ2) is 9.83. The molecule has 0 bridgehead atoms. The molecule has 0 aliphatic carbocycles. The van der Waals surface area contributed by atoms with Gasteiger partial charge in [0.15, 0.2) is 0 Å². The molecule has 0 aromatic carbocycles. The monoisotopic (exact) mass is 213 g/mol. The van der Waals surface area contributed by atoms with Crippen LogP contribution in [0, 0.1) is 0 Å². The zero-order chi connectivity index (χ0) is 11.5.